The highest BCUT2D eigenvalue weighted by molar-refractivity contribution is 5.76. The third kappa shape index (κ3) is 5.32. The molecule has 1 aliphatic rings. The average molecular weight is 415 g/mol. The lowest BCUT2D eigenvalue weighted by Gasteiger charge is -2.21. The van der Waals surface area contributed by atoms with Gasteiger partial charge in [-0.25, -0.2) is 0 Å². The summed E-state index contributed by atoms with van der Waals surface area (Å²) in [7, 11) is 0. The summed E-state index contributed by atoms with van der Waals surface area (Å²) < 4.78 is 5.57. The molecule has 0 spiro atoms. The molecule has 0 bridgehead atoms. The van der Waals surface area contributed by atoms with Gasteiger partial charge in [0.1, 0.15) is 5.75 Å². The topological polar surface area (TPSA) is 42.4 Å². The van der Waals surface area contributed by atoms with Gasteiger partial charge in [-0.1, -0.05) is 42.8 Å². The van der Waals surface area contributed by atoms with Crippen molar-refractivity contribution < 1.29 is 9.53 Å². The summed E-state index contributed by atoms with van der Waals surface area (Å²) in [4.78, 5) is 19.5. The Morgan fingerprint density at radius 2 is 1.71 bits per heavy atom. The van der Waals surface area contributed by atoms with E-state index < -0.39 is 0 Å². The fraction of sp³-hybridized carbons (Fsp3) is 0.333. The Bertz CT molecular complexity index is 1000. The van der Waals surface area contributed by atoms with Gasteiger partial charge in [-0.2, -0.15) is 0 Å². The molecular formula is C27H30N2O2. The van der Waals surface area contributed by atoms with Crippen LogP contribution in [0.5, 0.6) is 5.75 Å². The number of ether oxygens (including phenoxy) is 1. The van der Waals surface area contributed by atoms with E-state index in [0.29, 0.717) is 13.0 Å². The monoisotopic (exact) mass is 414 g/mol. The predicted octanol–water partition coefficient (Wildman–Crippen LogP) is 5.76. The van der Waals surface area contributed by atoms with Gasteiger partial charge in [-0.15, -0.1) is 0 Å². The van der Waals surface area contributed by atoms with Gasteiger partial charge in [0.15, 0.2) is 0 Å². The first-order valence-electron chi connectivity index (χ1n) is 11.3. The second-order valence-electron chi connectivity index (χ2n) is 7.96. The van der Waals surface area contributed by atoms with Crippen LogP contribution in [0.15, 0.2) is 66.7 Å². The van der Waals surface area contributed by atoms with Crippen molar-refractivity contribution in [3.05, 3.63) is 72.4 Å². The van der Waals surface area contributed by atoms with Gasteiger partial charge in [0.2, 0.25) is 5.91 Å². The minimum absolute atomic E-state index is 0.279. The first kappa shape index (κ1) is 21.1. The van der Waals surface area contributed by atoms with Crippen molar-refractivity contribution in [2.75, 3.05) is 19.7 Å². The molecule has 3 aromatic rings. The molecule has 160 valence electrons. The lowest BCUT2D eigenvalue weighted by molar-refractivity contribution is -0.130. The Hall–Kier alpha value is -3.14. The molecule has 2 heterocycles. The Labute approximate surface area is 184 Å². The Balaban J connectivity index is 1.62. The van der Waals surface area contributed by atoms with E-state index in [0.717, 1.165) is 72.6 Å². The van der Waals surface area contributed by atoms with Gasteiger partial charge in [0.25, 0.3) is 0 Å². The van der Waals surface area contributed by atoms with Crippen molar-refractivity contribution >= 4 is 5.91 Å². The number of hydrogen-bond acceptors (Lipinski definition) is 3. The summed E-state index contributed by atoms with van der Waals surface area (Å²) in [6, 6.07) is 22.7. The van der Waals surface area contributed by atoms with Gasteiger partial charge in [-0.05, 0) is 55.7 Å². The molecule has 31 heavy (non-hydrogen) atoms. The van der Waals surface area contributed by atoms with Crippen molar-refractivity contribution in [1.29, 1.82) is 0 Å². The standard InChI is InChI=1S/C27H30N2O2/c1-2-31-23-14-12-22(13-15-23)25-17-16-24(21-9-5-3-6-10-21)26(28-25)18-20-29-19-8-4-7-11-27(29)30/h3,5-6,9-10,12-17H,2,4,7-8,11,18-20H2,1H3. The first-order chi connectivity index (χ1) is 15.2. The van der Waals surface area contributed by atoms with E-state index >= 15 is 0 Å². The van der Waals surface area contributed by atoms with Gasteiger partial charge in [0.05, 0.1) is 18.0 Å². The van der Waals surface area contributed by atoms with Crippen LogP contribution >= 0.6 is 0 Å². The molecule has 2 aromatic carbocycles. The molecule has 4 nitrogen and oxygen atoms in total. The molecule has 0 aliphatic carbocycles. The zero-order valence-electron chi connectivity index (χ0n) is 18.2. The quantitative estimate of drug-likeness (QED) is 0.494. The van der Waals surface area contributed by atoms with Crippen LogP contribution in [0.2, 0.25) is 0 Å². The van der Waals surface area contributed by atoms with Crippen molar-refractivity contribution in [3.63, 3.8) is 0 Å². The van der Waals surface area contributed by atoms with Gasteiger partial charge in [-0.3, -0.25) is 9.78 Å². The van der Waals surface area contributed by atoms with Crippen LogP contribution in [0.25, 0.3) is 22.4 Å². The van der Waals surface area contributed by atoms with Crippen LogP contribution in [0.1, 0.15) is 38.3 Å². The molecule has 0 unspecified atom stereocenters. The normalized spacial score (nSPS) is 14.4. The van der Waals surface area contributed by atoms with Crippen molar-refractivity contribution in [3.8, 4) is 28.1 Å². The highest BCUT2D eigenvalue weighted by Crippen LogP contribution is 2.28. The second-order valence-corrected chi connectivity index (χ2v) is 7.96. The first-order valence-corrected chi connectivity index (χ1v) is 11.3. The van der Waals surface area contributed by atoms with E-state index in [9.17, 15) is 4.79 Å². The van der Waals surface area contributed by atoms with E-state index in [-0.39, 0.29) is 5.91 Å². The molecule has 1 aromatic heterocycles. The fourth-order valence-corrected chi connectivity index (χ4v) is 4.14. The maximum atomic E-state index is 12.5. The maximum Gasteiger partial charge on any atom is 0.222 e. The summed E-state index contributed by atoms with van der Waals surface area (Å²) in [5, 5.41) is 0. The molecule has 0 N–H and O–H groups in total. The van der Waals surface area contributed by atoms with Crippen LogP contribution < -0.4 is 4.74 Å². The molecule has 1 saturated heterocycles. The summed E-state index contributed by atoms with van der Waals surface area (Å²) in [5.74, 6) is 1.15. The van der Waals surface area contributed by atoms with Crippen LogP contribution in [0.3, 0.4) is 0 Å². The van der Waals surface area contributed by atoms with Gasteiger partial charge in [0, 0.05) is 37.1 Å². The predicted molar refractivity (Wildman–Crippen MR) is 125 cm³/mol. The SMILES string of the molecule is CCOc1ccc(-c2ccc(-c3ccccc3)c(CCN3CCCCCC3=O)n2)cc1. The third-order valence-corrected chi connectivity index (χ3v) is 5.81. The smallest absolute Gasteiger partial charge is 0.222 e. The molecule has 4 rings (SSSR count). The van der Waals surface area contributed by atoms with Crippen LogP contribution in [0.4, 0.5) is 0 Å². The van der Waals surface area contributed by atoms with E-state index in [1.165, 1.54) is 0 Å². The number of aromatic nitrogens is 1. The Kier molecular flexibility index (Phi) is 6.98. The van der Waals surface area contributed by atoms with Crippen LogP contribution in [-0.2, 0) is 11.2 Å². The summed E-state index contributed by atoms with van der Waals surface area (Å²) in [5.41, 5.74) is 5.34. The minimum atomic E-state index is 0.279. The fourth-order valence-electron chi connectivity index (χ4n) is 4.14. The molecule has 0 saturated carbocycles. The number of pyridine rings is 1. The van der Waals surface area contributed by atoms with E-state index in [2.05, 4.69) is 48.5 Å². The minimum Gasteiger partial charge on any atom is -0.494 e. The van der Waals surface area contributed by atoms with E-state index in [1.807, 2.05) is 30.0 Å². The maximum absolute atomic E-state index is 12.5. The number of likely N-dealkylation sites (tertiary alicyclic amines) is 1. The molecule has 1 aliphatic heterocycles. The summed E-state index contributed by atoms with van der Waals surface area (Å²) in [6.45, 7) is 4.22. The van der Waals surface area contributed by atoms with Crippen molar-refractivity contribution in [1.82, 2.24) is 9.88 Å². The average Bonchev–Trinajstić information content (AvgIpc) is 3.02. The second kappa shape index (κ2) is 10.3. The Morgan fingerprint density at radius 1 is 0.903 bits per heavy atom. The lowest BCUT2D eigenvalue weighted by atomic mass is 10.00. The molecule has 0 atom stereocenters. The van der Waals surface area contributed by atoms with Gasteiger partial charge < -0.3 is 9.64 Å². The molecule has 0 radical (unpaired) electrons. The molecule has 4 heteroatoms. The number of nitrogens with zero attached hydrogens (tertiary/aromatic N) is 2. The van der Waals surface area contributed by atoms with Crippen LogP contribution in [-0.4, -0.2) is 35.5 Å². The zero-order chi connectivity index (χ0) is 21.5. The highest BCUT2D eigenvalue weighted by Gasteiger charge is 2.18. The largest absolute Gasteiger partial charge is 0.494 e. The summed E-state index contributed by atoms with van der Waals surface area (Å²) in [6.07, 6.45) is 4.67. The Morgan fingerprint density at radius 3 is 2.48 bits per heavy atom. The van der Waals surface area contributed by atoms with E-state index in [4.69, 9.17) is 9.72 Å². The highest BCUT2D eigenvalue weighted by atomic mass is 16.5. The summed E-state index contributed by atoms with van der Waals surface area (Å²) >= 11 is 0. The molecular weight excluding hydrogens is 384 g/mol. The molecule has 1 fully saturated rings. The zero-order valence-corrected chi connectivity index (χ0v) is 18.2. The van der Waals surface area contributed by atoms with Gasteiger partial charge >= 0.3 is 0 Å². The van der Waals surface area contributed by atoms with Crippen molar-refractivity contribution in [2.24, 2.45) is 0 Å². The number of hydrogen-bond donors (Lipinski definition) is 0. The lowest BCUT2D eigenvalue weighted by Crippen LogP contribution is -2.32. The van der Waals surface area contributed by atoms with Crippen molar-refractivity contribution in [2.45, 2.75) is 39.0 Å². The number of rotatable bonds is 7. The third-order valence-electron chi connectivity index (χ3n) is 5.81. The molecule has 1 amide bonds. The van der Waals surface area contributed by atoms with Crippen LogP contribution in [0, 0.1) is 0 Å². The number of amides is 1. The number of carbonyl (C=O) groups is 1. The number of carbonyl (C=O) groups excluding carboxylic acids is 1. The number of benzene rings is 2. The van der Waals surface area contributed by atoms with E-state index in [1.54, 1.807) is 0 Å².